The van der Waals surface area contributed by atoms with Gasteiger partial charge < -0.3 is 10.1 Å². The summed E-state index contributed by atoms with van der Waals surface area (Å²) in [7, 11) is 1.69. The molecule has 1 aliphatic carbocycles. The molecule has 0 radical (unpaired) electrons. The Hall–Kier alpha value is -3.26. The van der Waals surface area contributed by atoms with Crippen molar-refractivity contribution in [3.05, 3.63) is 76.6 Å². The largest absolute Gasteiger partial charge is 0.496 e. The van der Waals surface area contributed by atoms with E-state index in [0.29, 0.717) is 11.4 Å². The van der Waals surface area contributed by atoms with Crippen LogP contribution in [0.5, 0.6) is 5.75 Å². The topological polar surface area (TPSA) is 59.4 Å². The highest BCUT2D eigenvalue weighted by Crippen LogP contribution is 2.29. The third-order valence-electron chi connectivity index (χ3n) is 6.80. The van der Waals surface area contributed by atoms with Gasteiger partial charge in [0.2, 0.25) is 0 Å². The molecule has 0 saturated carbocycles. The number of ether oxygens (including phenoxy) is 1. The fraction of sp³-hybridized carbons (Fsp3) is 0.385. The summed E-state index contributed by atoms with van der Waals surface area (Å²) in [6.45, 7) is 2.58. The van der Waals surface area contributed by atoms with Gasteiger partial charge in [-0.1, -0.05) is 18.2 Å². The van der Waals surface area contributed by atoms with Crippen molar-refractivity contribution in [2.75, 3.05) is 20.2 Å². The monoisotopic (exact) mass is 466 g/mol. The molecule has 1 fully saturated rings. The van der Waals surface area contributed by atoms with Crippen LogP contribution in [-0.4, -0.2) is 46.8 Å². The second-order valence-electron chi connectivity index (χ2n) is 8.97. The molecule has 8 heteroatoms. The fourth-order valence-corrected chi connectivity index (χ4v) is 5.01. The number of benzene rings is 2. The van der Waals surface area contributed by atoms with Crippen molar-refractivity contribution in [1.29, 1.82) is 0 Å². The lowest BCUT2D eigenvalue weighted by Gasteiger charge is -2.32. The zero-order chi connectivity index (χ0) is 23.7. The van der Waals surface area contributed by atoms with E-state index in [4.69, 9.17) is 4.74 Å². The number of amides is 1. The maximum absolute atomic E-state index is 13.8. The minimum Gasteiger partial charge on any atom is -0.496 e. The molecule has 2 aliphatic rings. The lowest BCUT2D eigenvalue weighted by Crippen LogP contribution is -2.44. The van der Waals surface area contributed by atoms with Gasteiger partial charge in [0.15, 0.2) is 17.3 Å². The standard InChI is InChI=1S/C26H28F2N4O2/c1-34-24-8-3-2-5-17(24)16-31-13-11-18(12-14-31)29-26(33)25-20-6-4-7-23(20)32(30-25)19-9-10-21(27)22(28)15-19/h2-3,5,8-10,15,18H,4,6-7,11-14,16H2,1H3,(H,29,33). The Labute approximate surface area is 197 Å². The molecule has 34 heavy (non-hydrogen) atoms. The van der Waals surface area contributed by atoms with Crippen LogP contribution in [0.3, 0.4) is 0 Å². The summed E-state index contributed by atoms with van der Waals surface area (Å²) in [6.07, 6.45) is 4.15. The van der Waals surface area contributed by atoms with E-state index in [1.165, 1.54) is 6.07 Å². The molecule has 178 valence electrons. The van der Waals surface area contributed by atoms with Gasteiger partial charge in [-0.15, -0.1) is 0 Å². The van der Waals surface area contributed by atoms with E-state index >= 15 is 0 Å². The van der Waals surface area contributed by atoms with Crippen molar-refractivity contribution in [3.8, 4) is 11.4 Å². The normalized spacial score (nSPS) is 16.4. The number of likely N-dealkylation sites (tertiary alicyclic amines) is 1. The van der Waals surface area contributed by atoms with Gasteiger partial charge in [-0.25, -0.2) is 13.5 Å². The molecule has 0 bridgehead atoms. The average Bonchev–Trinajstić information content (AvgIpc) is 3.45. The fourth-order valence-electron chi connectivity index (χ4n) is 5.01. The summed E-state index contributed by atoms with van der Waals surface area (Å²) >= 11 is 0. The van der Waals surface area contributed by atoms with Crippen LogP contribution in [0.1, 0.15) is 46.6 Å². The van der Waals surface area contributed by atoms with Gasteiger partial charge in [0, 0.05) is 48.6 Å². The van der Waals surface area contributed by atoms with Crippen molar-refractivity contribution in [1.82, 2.24) is 20.0 Å². The highest BCUT2D eigenvalue weighted by atomic mass is 19.2. The van der Waals surface area contributed by atoms with Crippen molar-refractivity contribution < 1.29 is 18.3 Å². The van der Waals surface area contributed by atoms with Crippen LogP contribution in [0.2, 0.25) is 0 Å². The molecule has 1 aromatic heterocycles. The summed E-state index contributed by atoms with van der Waals surface area (Å²) < 4.78 is 34.2. The van der Waals surface area contributed by atoms with Crippen LogP contribution >= 0.6 is 0 Å². The number of carbonyl (C=O) groups excluding carboxylic acids is 1. The van der Waals surface area contributed by atoms with Crippen LogP contribution in [0, 0.1) is 11.6 Å². The molecule has 0 atom stereocenters. The summed E-state index contributed by atoms with van der Waals surface area (Å²) in [6, 6.07) is 11.8. The van der Waals surface area contributed by atoms with E-state index in [1.54, 1.807) is 11.8 Å². The first-order chi connectivity index (χ1) is 16.5. The number of aromatic nitrogens is 2. The van der Waals surface area contributed by atoms with Gasteiger partial charge in [0.05, 0.1) is 12.8 Å². The van der Waals surface area contributed by atoms with Crippen LogP contribution in [0.4, 0.5) is 8.78 Å². The van der Waals surface area contributed by atoms with Crippen LogP contribution in [0.15, 0.2) is 42.5 Å². The summed E-state index contributed by atoms with van der Waals surface area (Å²) in [5.74, 6) is -1.13. The number of hydrogen-bond acceptors (Lipinski definition) is 4. The van der Waals surface area contributed by atoms with Gasteiger partial charge in [0.25, 0.3) is 5.91 Å². The van der Waals surface area contributed by atoms with Crippen molar-refractivity contribution in [2.24, 2.45) is 0 Å². The van der Waals surface area contributed by atoms with E-state index in [9.17, 15) is 13.6 Å². The molecule has 0 spiro atoms. The predicted octanol–water partition coefficient (Wildman–Crippen LogP) is 4.04. The van der Waals surface area contributed by atoms with E-state index in [1.807, 2.05) is 18.2 Å². The second-order valence-corrected chi connectivity index (χ2v) is 8.97. The number of nitrogens with one attached hydrogen (secondary N) is 1. The average molecular weight is 467 g/mol. The molecule has 2 aromatic carbocycles. The number of hydrogen-bond donors (Lipinski definition) is 1. The minimum absolute atomic E-state index is 0.0758. The Morgan fingerprint density at radius 3 is 2.68 bits per heavy atom. The highest BCUT2D eigenvalue weighted by molar-refractivity contribution is 5.94. The van der Waals surface area contributed by atoms with Crippen LogP contribution in [-0.2, 0) is 19.4 Å². The number of para-hydroxylation sites is 1. The molecule has 2 heterocycles. The van der Waals surface area contributed by atoms with Crippen molar-refractivity contribution in [2.45, 2.75) is 44.7 Å². The summed E-state index contributed by atoms with van der Waals surface area (Å²) in [4.78, 5) is 15.5. The van der Waals surface area contributed by atoms with Crippen LogP contribution < -0.4 is 10.1 Å². The molecule has 1 N–H and O–H groups in total. The third kappa shape index (κ3) is 4.42. The Morgan fingerprint density at radius 2 is 1.91 bits per heavy atom. The van der Waals surface area contributed by atoms with Gasteiger partial charge >= 0.3 is 0 Å². The number of halogens is 2. The van der Waals surface area contributed by atoms with Gasteiger partial charge in [-0.2, -0.15) is 5.10 Å². The Balaban J connectivity index is 1.24. The first-order valence-electron chi connectivity index (χ1n) is 11.7. The molecule has 1 aliphatic heterocycles. The Bertz CT molecular complexity index is 1200. The van der Waals surface area contributed by atoms with E-state index < -0.39 is 11.6 Å². The first kappa shape index (κ1) is 22.5. The Kier molecular flexibility index (Phi) is 6.32. The Morgan fingerprint density at radius 1 is 1.12 bits per heavy atom. The van der Waals surface area contributed by atoms with Crippen LogP contribution in [0.25, 0.3) is 5.69 Å². The quantitative estimate of drug-likeness (QED) is 0.596. The lowest BCUT2D eigenvalue weighted by atomic mass is 10.0. The number of nitrogens with zero attached hydrogens (tertiary/aromatic N) is 3. The molecular formula is C26H28F2N4O2. The predicted molar refractivity (Wildman–Crippen MR) is 124 cm³/mol. The minimum atomic E-state index is -0.925. The maximum Gasteiger partial charge on any atom is 0.272 e. The van der Waals surface area contributed by atoms with Crippen molar-refractivity contribution in [3.63, 3.8) is 0 Å². The molecule has 6 nitrogen and oxygen atoms in total. The SMILES string of the molecule is COc1ccccc1CN1CCC(NC(=O)c2nn(-c3ccc(F)c(F)c3)c3c2CCC3)CC1. The third-order valence-corrected chi connectivity index (χ3v) is 6.80. The van der Waals surface area contributed by atoms with Gasteiger partial charge in [0.1, 0.15) is 5.75 Å². The molecule has 5 rings (SSSR count). The van der Waals surface area contributed by atoms with E-state index in [0.717, 1.165) is 86.4 Å². The lowest BCUT2D eigenvalue weighted by molar-refractivity contribution is 0.0902. The van der Waals surface area contributed by atoms with Gasteiger partial charge in [-0.3, -0.25) is 9.69 Å². The number of methoxy groups -OCH3 is 1. The highest BCUT2D eigenvalue weighted by Gasteiger charge is 2.29. The zero-order valence-electron chi connectivity index (χ0n) is 19.2. The molecule has 1 saturated heterocycles. The van der Waals surface area contributed by atoms with Crippen molar-refractivity contribution >= 4 is 5.91 Å². The smallest absolute Gasteiger partial charge is 0.272 e. The molecule has 3 aromatic rings. The molecule has 1 amide bonds. The molecule has 0 unspecified atom stereocenters. The zero-order valence-corrected chi connectivity index (χ0v) is 19.2. The summed E-state index contributed by atoms with van der Waals surface area (Å²) in [5, 5.41) is 7.68. The number of piperidine rings is 1. The second kappa shape index (κ2) is 9.54. The number of rotatable bonds is 6. The van der Waals surface area contributed by atoms with E-state index in [2.05, 4.69) is 21.4 Å². The van der Waals surface area contributed by atoms with E-state index in [-0.39, 0.29) is 11.9 Å². The molecular weight excluding hydrogens is 438 g/mol. The van der Waals surface area contributed by atoms with Gasteiger partial charge in [-0.05, 0) is 50.3 Å². The number of carbonyl (C=O) groups is 1. The first-order valence-corrected chi connectivity index (χ1v) is 11.7. The maximum atomic E-state index is 13.8. The summed E-state index contributed by atoms with van der Waals surface area (Å²) in [5.41, 5.74) is 3.80. The number of fused-ring (bicyclic) bond motifs is 1.